The van der Waals surface area contributed by atoms with E-state index in [1.807, 2.05) is 6.07 Å². The topological polar surface area (TPSA) is 84.3 Å². The molecule has 6 heteroatoms. The number of ether oxygens (including phenoxy) is 1. The van der Waals surface area contributed by atoms with Gasteiger partial charge >= 0.3 is 5.97 Å². The second kappa shape index (κ2) is 6.30. The standard InChI is InChI=1S/C12H17N3O3/c16-12(17)2-1-4-13-11-6-10(14-8-15-11)9-3-5-18-7-9/h6,8-9H,1-5,7H2,(H,16,17)(H,13,14,15). The van der Waals surface area contributed by atoms with E-state index in [-0.39, 0.29) is 6.42 Å². The van der Waals surface area contributed by atoms with Crippen LogP contribution >= 0.6 is 0 Å². The first-order chi connectivity index (χ1) is 8.75. The summed E-state index contributed by atoms with van der Waals surface area (Å²) in [7, 11) is 0. The van der Waals surface area contributed by atoms with Crippen LogP contribution in [0.25, 0.3) is 0 Å². The monoisotopic (exact) mass is 251 g/mol. The lowest BCUT2D eigenvalue weighted by Crippen LogP contribution is -2.08. The van der Waals surface area contributed by atoms with Gasteiger partial charge in [0.2, 0.25) is 0 Å². The van der Waals surface area contributed by atoms with Crippen molar-refractivity contribution in [2.75, 3.05) is 25.1 Å². The number of carbonyl (C=O) groups is 1. The number of aromatic nitrogens is 2. The van der Waals surface area contributed by atoms with Crippen molar-refractivity contribution in [2.24, 2.45) is 0 Å². The zero-order valence-electron chi connectivity index (χ0n) is 10.1. The van der Waals surface area contributed by atoms with Gasteiger partial charge in [-0.05, 0) is 12.8 Å². The predicted octanol–water partition coefficient (Wildman–Crippen LogP) is 1.26. The number of carboxylic acids is 1. The van der Waals surface area contributed by atoms with Crippen molar-refractivity contribution < 1.29 is 14.6 Å². The Labute approximate surface area is 105 Å². The molecule has 1 unspecified atom stereocenters. The number of hydrogen-bond acceptors (Lipinski definition) is 5. The largest absolute Gasteiger partial charge is 0.481 e. The summed E-state index contributed by atoms with van der Waals surface area (Å²) in [4.78, 5) is 18.7. The van der Waals surface area contributed by atoms with Crippen LogP contribution in [0.15, 0.2) is 12.4 Å². The minimum Gasteiger partial charge on any atom is -0.481 e. The minimum atomic E-state index is -0.775. The summed E-state index contributed by atoms with van der Waals surface area (Å²) in [5, 5.41) is 11.6. The van der Waals surface area contributed by atoms with E-state index < -0.39 is 5.97 Å². The first-order valence-electron chi connectivity index (χ1n) is 6.11. The van der Waals surface area contributed by atoms with Gasteiger partial charge in [-0.25, -0.2) is 9.97 Å². The summed E-state index contributed by atoms with van der Waals surface area (Å²) in [6.45, 7) is 2.11. The van der Waals surface area contributed by atoms with E-state index in [0.29, 0.717) is 18.9 Å². The van der Waals surface area contributed by atoms with Crippen LogP contribution in [-0.2, 0) is 9.53 Å². The lowest BCUT2D eigenvalue weighted by molar-refractivity contribution is -0.137. The van der Waals surface area contributed by atoms with Gasteiger partial charge in [0.05, 0.1) is 12.3 Å². The molecule has 0 aliphatic carbocycles. The highest BCUT2D eigenvalue weighted by Crippen LogP contribution is 2.24. The third-order valence-corrected chi connectivity index (χ3v) is 2.91. The van der Waals surface area contributed by atoms with Crippen molar-refractivity contribution in [2.45, 2.75) is 25.2 Å². The molecule has 1 fully saturated rings. The van der Waals surface area contributed by atoms with E-state index in [1.54, 1.807) is 0 Å². The Morgan fingerprint density at radius 2 is 2.44 bits per heavy atom. The van der Waals surface area contributed by atoms with Crippen LogP contribution in [0.1, 0.15) is 30.9 Å². The Bertz CT molecular complexity index is 405. The molecule has 0 amide bonds. The second-order valence-corrected chi connectivity index (χ2v) is 4.31. The zero-order chi connectivity index (χ0) is 12.8. The Balaban J connectivity index is 1.85. The number of nitrogens with one attached hydrogen (secondary N) is 1. The van der Waals surface area contributed by atoms with Gasteiger partial charge in [-0.1, -0.05) is 0 Å². The average molecular weight is 251 g/mol. The number of carboxylic acid groups (broad SMARTS) is 1. The van der Waals surface area contributed by atoms with Crippen molar-refractivity contribution >= 4 is 11.8 Å². The molecule has 2 heterocycles. The first-order valence-corrected chi connectivity index (χ1v) is 6.11. The normalized spacial score (nSPS) is 18.8. The van der Waals surface area contributed by atoms with E-state index in [2.05, 4.69) is 15.3 Å². The van der Waals surface area contributed by atoms with Crippen LogP contribution in [0.3, 0.4) is 0 Å². The van der Waals surface area contributed by atoms with Crippen LogP contribution in [0.2, 0.25) is 0 Å². The van der Waals surface area contributed by atoms with Gasteiger partial charge in [-0.3, -0.25) is 4.79 Å². The lowest BCUT2D eigenvalue weighted by Gasteiger charge is -2.09. The molecule has 1 aromatic rings. The molecule has 18 heavy (non-hydrogen) atoms. The van der Waals surface area contributed by atoms with Crippen LogP contribution in [0, 0.1) is 0 Å². The Morgan fingerprint density at radius 3 is 3.17 bits per heavy atom. The zero-order valence-corrected chi connectivity index (χ0v) is 10.1. The van der Waals surface area contributed by atoms with Gasteiger partial charge in [0.15, 0.2) is 0 Å². The minimum absolute atomic E-state index is 0.168. The third kappa shape index (κ3) is 3.66. The maximum atomic E-state index is 10.4. The van der Waals surface area contributed by atoms with Gasteiger partial charge < -0.3 is 15.2 Å². The molecule has 1 saturated heterocycles. The molecule has 0 bridgehead atoms. The van der Waals surface area contributed by atoms with Crippen molar-refractivity contribution in [1.29, 1.82) is 0 Å². The van der Waals surface area contributed by atoms with E-state index in [4.69, 9.17) is 9.84 Å². The summed E-state index contributed by atoms with van der Waals surface area (Å²) < 4.78 is 5.33. The maximum absolute atomic E-state index is 10.4. The molecular weight excluding hydrogens is 234 g/mol. The van der Waals surface area contributed by atoms with E-state index in [1.165, 1.54) is 6.33 Å². The molecule has 2 N–H and O–H groups in total. The highest BCUT2D eigenvalue weighted by Gasteiger charge is 2.19. The van der Waals surface area contributed by atoms with E-state index >= 15 is 0 Å². The van der Waals surface area contributed by atoms with Gasteiger partial charge in [0, 0.05) is 31.6 Å². The number of hydrogen-bond donors (Lipinski definition) is 2. The highest BCUT2D eigenvalue weighted by molar-refractivity contribution is 5.66. The molecule has 98 valence electrons. The highest BCUT2D eigenvalue weighted by atomic mass is 16.5. The van der Waals surface area contributed by atoms with Gasteiger partial charge in [-0.2, -0.15) is 0 Å². The van der Waals surface area contributed by atoms with E-state index in [0.717, 1.165) is 31.1 Å². The van der Waals surface area contributed by atoms with Crippen LogP contribution < -0.4 is 5.32 Å². The summed E-state index contributed by atoms with van der Waals surface area (Å²) in [6.07, 6.45) is 3.28. The summed E-state index contributed by atoms with van der Waals surface area (Å²) >= 11 is 0. The molecule has 0 saturated carbocycles. The van der Waals surface area contributed by atoms with Gasteiger partial charge in [0.25, 0.3) is 0 Å². The Morgan fingerprint density at radius 1 is 1.56 bits per heavy atom. The fourth-order valence-electron chi connectivity index (χ4n) is 1.92. The fraction of sp³-hybridized carbons (Fsp3) is 0.583. The molecule has 1 atom stereocenters. The number of anilines is 1. The number of rotatable bonds is 6. The van der Waals surface area contributed by atoms with Gasteiger partial charge in [0.1, 0.15) is 12.1 Å². The van der Waals surface area contributed by atoms with Crippen molar-refractivity contribution in [3.8, 4) is 0 Å². The Hall–Kier alpha value is -1.69. The van der Waals surface area contributed by atoms with Crippen molar-refractivity contribution in [3.05, 3.63) is 18.1 Å². The molecule has 0 aromatic carbocycles. The van der Waals surface area contributed by atoms with Gasteiger partial charge in [-0.15, -0.1) is 0 Å². The average Bonchev–Trinajstić information content (AvgIpc) is 2.89. The fourth-order valence-corrected chi connectivity index (χ4v) is 1.92. The summed E-state index contributed by atoms with van der Waals surface area (Å²) in [5.41, 5.74) is 0.989. The van der Waals surface area contributed by atoms with Crippen LogP contribution in [-0.4, -0.2) is 40.8 Å². The Kier molecular flexibility index (Phi) is 4.46. The molecular formula is C12H17N3O3. The SMILES string of the molecule is O=C(O)CCCNc1cc(C2CCOC2)ncn1. The van der Waals surface area contributed by atoms with Crippen LogP contribution in [0.4, 0.5) is 5.82 Å². The smallest absolute Gasteiger partial charge is 0.303 e. The molecule has 1 aliphatic rings. The van der Waals surface area contributed by atoms with Crippen molar-refractivity contribution in [3.63, 3.8) is 0 Å². The molecule has 0 radical (unpaired) electrons. The first kappa shape index (κ1) is 12.8. The quantitative estimate of drug-likeness (QED) is 0.740. The second-order valence-electron chi connectivity index (χ2n) is 4.31. The molecule has 1 aliphatic heterocycles. The molecule has 6 nitrogen and oxygen atoms in total. The number of nitrogens with zero attached hydrogens (tertiary/aromatic N) is 2. The molecule has 1 aromatic heterocycles. The third-order valence-electron chi connectivity index (χ3n) is 2.91. The lowest BCUT2D eigenvalue weighted by atomic mass is 10.1. The van der Waals surface area contributed by atoms with Crippen LogP contribution in [0.5, 0.6) is 0 Å². The van der Waals surface area contributed by atoms with E-state index in [9.17, 15) is 4.79 Å². The number of aliphatic carboxylic acids is 1. The maximum Gasteiger partial charge on any atom is 0.303 e. The predicted molar refractivity (Wildman–Crippen MR) is 65.6 cm³/mol. The van der Waals surface area contributed by atoms with Crippen molar-refractivity contribution in [1.82, 2.24) is 9.97 Å². The molecule has 2 rings (SSSR count). The summed E-state index contributed by atoms with van der Waals surface area (Å²) in [6, 6.07) is 1.92. The summed E-state index contributed by atoms with van der Waals surface area (Å²) in [5.74, 6) is 0.327. The molecule has 0 spiro atoms.